The van der Waals surface area contributed by atoms with Gasteiger partial charge in [-0.1, -0.05) is 30.3 Å². The van der Waals surface area contributed by atoms with Gasteiger partial charge >= 0.3 is 17.6 Å². The van der Waals surface area contributed by atoms with Crippen LogP contribution in [0.4, 0.5) is 30.7 Å². The minimum atomic E-state index is -6.32. The third-order valence-electron chi connectivity index (χ3n) is 2.44. The molecule has 0 heterocycles. The van der Waals surface area contributed by atoms with Crippen molar-refractivity contribution >= 4 is 24.7 Å². The Balaban J connectivity index is 3.24. The highest BCUT2D eigenvalue weighted by Gasteiger charge is 2.76. The molecule has 0 amide bonds. The summed E-state index contributed by atoms with van der Waals surface area (Å²) in [5.41, 5.74) is -5.26. The zero-order valence-electron chi connectivity index (χ0n) is 9.52. The fourth-order valence-corrected chi connectivity index (χ4v) is 5.23. The second-order valence-corrected chi connectivity index (χ2v) is 7.76. The summed E-state index contributed by atoms with van der Waals surface area (Å²) < 4.78 is 93.6. The van der Waals surface area contributed by atoms with Gasteiger partial charge in [0.1, 0.15) is 10.5 Å². The summed E-state index contributed by atoms with van der Waals surface area (Å²) in [5, 5.41) is -0.300. The lowest BCUT2D eigenvalue weighted by Crippen LogP contribution is -2.64. The first-order chi connectivity index (χ1) is 8.55. The van der Waals surface area contributed by atoms with Gasteiger partial charge in [-0.15, -0.1) is 0 Å². The van der Waals surface area contributed by atoms with Crippen molar-refractivity contribution in [2.24, 2.45) is 0 Å². The largest absolute Gasteiger partial charge is 0.459 e. The number of hydrogen-bond acceptors (Lipinski definition) is 1. The maximum atomic E-state index is 13.5. The van der Waals surface area contributed by atoms with E-state index in [9.17, 15) is 30.7 Å². The molecule has 0 saturated carbocycles. The van der Waals surface area contributed by atoms with E-state index < -0.39 is 26.7 Å². The smallest absolute Gasteiger partial charge is 0.459 e. The van der Waals surface area contributed by atoms with Gasteiger partial charge in [-0.25, -0.2) is 8.78 Å². The van der Waals surface area contributed by atoms with E-state index in [4.69, 9.17) is 0 Å². The van der Waals surface area contributed by atoms with Crippen molar-refractivity contribution in [1.29, 1.82) is 0 Å². The van der Waals surface area contributed by atoms with Gasteiger partial charge in [-0.3, -0.25) is 0 Å². The average molecular weight is 322 g/mol. The van der Waals surface area contributed by atoms with Gasteiger partial charge in [-0.05, 0) is 5.19 Å². The average Bonchev–Trinajstić information content (AvgIpc) is 2.29. The molecule has 108 valence electrons. The summed E-state index contributed by atoms with van der Waals surface area (Å²) >= 11 is 0. The van der Waals surface area contributed by atoms with Crippen molar-refractivity contribution in [2.45, 2.75) is 17.6 Å². The Labute approximate surface area is 108 Å². The first-order valence-corrected chi connectivity index (χ1v) is 7.40. The zero-order valence-corrected chi connectivity index (χ0v) is 12.7. The maximum absolute atomic E-state index is 13.5. The Morgan fingerprint density at radius 1 is 0.895 bits per heavy atom. The molecule has 10 heteroatoms. The molecule has 0 aliphatic heterocycles. The van der Waals surface area contributed by atoms with Crippen molar-refractivity contribution in [3.8, 4) is 0 Å². The molecule has 0 aromatic heterocycles. The predicted octanol–water partition coefficient (Wildman–Crippen LogP) is 1.29. The molecule has 0 N–H and O–H groups in total. The molecule has 0 saturated heterocycles. The molecule has 0 fully saturated rings. The molecule has 1 atom stereocenters. The summed E-state index contributed by atoms with van der Waals surface area (Å²) in [7, 11) is -4.61. The second kappa shape index (κ2) is 5.25. The normalized spacial score (nSPS) is 15.5. The van der Waals surface area contributed by atoms with E-state index >= 15 is 0 Å². The van der Waals surface area contributed by atoms with Crippen LogP contribution >= 0.6 is 0 Å². The molecule has 1 aromatic carbocycles. The summed E-state index contributed by atoms with van der Waals surface area (Å²) in [6.07, 6.45) is -6.32. The van der Waals surface area contributed by atoms with E-state index in [0.717, 1.165) is 12.1 Å². The van der Waals surface area contributed by atoms with Gasteiger partial charge in [0.15, 0.2) is 0 Å². The van der Waals surface area contributed by atoms with Crippen LogP contribution in [0.2, 0.25) is 0 Å². The Bertz CT molecular complexity index is 420. The van der Waals surface area contributed by atoms with Crippen LogP contribution in [-0.4, -0.2) is 37.2 Å². The third kappa shape index (κ3) is 2.84. The number of benzene rings is 1. The highest BCUT2D eigenvalue weighted by atomic mass is 28.3. The maximum Gasteiger partial charge on any atom is 0.459 e. The van der Waals surface area contributed by atoms with Crippen LogP contribution in [0.3, 0.4) is 0 Å². The minimum Gasteiger partial charge on any atom is -0.459 e. The molecule has 1 rings (SSSR count). The van der Waals surface area contributed by atoms with Crippen LogP contribution in [0.1, 0.15) is 0 Å². The molecule has 1 unspecified atom stereocenters. The monoisotopic (exact) mass is 322 g/mol. The SMILES string of the molecule is FC(F)(F)C(F)(F)C(F)(F)[SiH](O[SiH3])c1ccccc1. The van der Waals surface area contributed by atoms with Crippen LogP contribution in [-0.2, 0) is 4.12 Å². The van der Waals surface area contributed by atoms with Gasteiger partial charge in [0.05, 0.1) is 0 Å². The fourth-order valence-electron chi connectivity index (χ4n) is 1.47. The Morgan fingerprint density at radius 2 is 1.37 bits per heavy atom. The molecule has 19 heavy (non-hydrogen) atoms. The van der Waals surface area contributed by atoms with E-state index in [0.29, 0.717) is 0 Å². The zero-order chi connectivity index (χ0) is 14.9. The van der Waals surface area contributed by atoms with Crippen molar-refractivity contribution < 1.29 is 34.8 Å². The first-order valence-electron chi connectivity index (χ1n) is 4.95. The van der Waals surface area contributed by atoms with Crippen LogP contribution in [0, 0.1) is 0 Å². The summed E-state index contributed by atoms with van der Waals surface area (Å²) in [6.45, 7) is 0. The molecule has 0 aliphatic rings. The van der Waals surface area contributed by atoms with Crippen molar-refractivity contribution in [1.82, 2.24) is 0 Å². The quantitative estimate of drug-likeness (QED) is 0.600. The molecular formula is C9H9F7OSi2. The van der Waals surface area contributed by atoms with E-state index in [2.05, 4.69) is 4.12 Å². The van der Waals surface area contributed by atoms with E-state index in [1.54, 1.807) is 0 Å². The number of halogens is 7. The number of rotatable bonds is 4. The van der Waals surface area contributed by atoms with E-state index in [1.807, 2.05) is 0 Å². The van der Waals surface area contributed by atoms with E-state index in [1.165, 1.54) is 18.2 Å². The summed E-state index contributed by atoms with van der Waals surface area (Å²) in [5.74, 6) is -6.11. The molecule has 0 aliphatic carbocycles. The molecular weight excluding hydrogens is 313 g/mol. The number of alkyl halides is 7. The Hall–Kier alpha value is -0.876. The molecule has 0 radical (unpaired) electrons. The third-order valence-corrected chi connectivity index (χ3v) is 6.34. The second-order valence-electron chi connectivity index (χ2n) is 3.72. The van der Waals surface area contributed by atoms with Gasteiger partial charge < -0.3 is 4.12 Å². The molecule has 1 nitrogen and oxygen atoms in total. The van der Waals surface area contributed by atoms with Crippen molar-refractivity contribution in [3.05, 3.63) is 30.3 Å². The van der Waals surface area contributed by atoms with Crippen molar-refractivity contribution in [2.75, 3.05) is 0 Å². The Kier molecular flexibility index (Phi) is 4.47. The van der Waals surface area contributed by atoms with Crippen LogP contribution in [0.25, 0.3) is 0 Å². The van der Waals surface area contributed by atoms with Gasteiger partial charge in [0.2, 0.25) is 0 Å². The van der Waals surface area contributed by atoms with Crippen LogP contribution in [0.15, 0.2) is 30.3 Å². The van der Waals surface area contributed by atoms with Gasteiger partial charge in [-0.2, -0.15) is 22.0 Å². The first kappa shape index (κ1) is 16.2. The lowest BCUT2D eigenvalue weighted by atomic mass is 10.3. The summed E-state index contributed by atoms with van der Waals surface area (Å²) in [6, 6.07) is 6.11. The number of hydrogen-bond donors (Lipinski definition) is 0. The van der Waals surface area contributed by atoms with Gasteiger partial charge in [0, 0.05) is 0 Å². The van der Waals surface area contributed by atoms with Crippen molar-refractivity contribution in [3.63, 3.8) is 0 Å². The molecule has 1 aromatic rings. The highest BCUT2D eigenvalue weighted by molar-refractivity contribution is 6.72. The fraction of sp³-hybridized carbons (Fsp3) is 0.333. The highest BCUT2D eigenvalue weighted by Crippen LogP contribution is 2.47. The lowest BCUT2D eigenvalue weighted by Gasteiger charge is -2.32. The lowest BCUT2D eigenvalue weighted by molar-refractivity contribution is -0.335. The topological polar surface area (TPSA) is 9.23 Å². The standard InChI is InChI=1S/C9H9F7OSi2/c10-7(11,8(12,13)14)9(15,16)19(17-18)6-4-2-1-3-5-6/h1-5,19H,18H3. The van der Waals surface area contributed by atoms with Gasteiger partial charge in [0.25, 0.3) is 9.04 Å². The molecule has 0 bridgehead atoms. The van der Waals surface area contributed by atoms with Crippen LogP contribution in [0.5, 0.6) is 0 Å². The minimum absolute atomic E-state index is 0.300. The Morgan fingerprint density at radius 3 is 1.74 bits per heavy atom. The van der Waals surface area contributed by atoms with Crippen LogP contribution < -0.4 is 5.19 Å². The molecule has 0 spiro atoms. The predicted molar refractivity (Wildman–Crippen MR) is 60.2 cm³/mol. The summed E-state index contributed by atoms with van der Waals surface area (Å²) in [4.78, 5) is 0. The van der Waals surface area contributed by atoms with E-state index in [-0.39, 0.29) is 15.7 Å².